The number of benzene rings is 1. The summed E-state index contributed by atoms with van der Waals surface area (Å²) < 4.78 is 16.5. The van der Waals surface area contributed by atoms with E-state index in [1.54, 1.807) is 0 Å². The SMILES string of the molecule is O=C(O)CC1COCCN1Cc1ccc2c(c1)OCCO2. The van der Waals surface area contributed by atoms with Crippen LogP contribution in [0.2, 0.25) is 0 Å². The van der Waals surface area contributed by atoms with Crippen molar-refractivity contribution in [2.24, 2.45) is 0 Å². The van der Waals surface area contributed by atoms with Gasteiger partial charge in [0.2, 0.25) is 0 Å². The van der Waals surface area contributed by atoms with Gasteiger partial charge in [0, 0.05) is 19.1 Å². The molecule has 0 bridgehead atoms. The predicted molar refractivity (Wildman–Crippen MR) is 74.7 cm³/mol. The van der Waals surface area contributed by atoms with Crippen LogP contribution in [0.25, 0.3) is 0 Å². The molecule has 114 valence electrons. The van der Waals surface area contributed by atoms with E-state index in [1.165, 1.54) is 0 Å². The minimum atomic E-state index is -0.794. The van der Waals surface area contributed by atoms with Crippen LogP contribution in [-0.2, 0) is 16.1 Å². The third-order valence-electron chi connectivity index (χ3n) is 3.75. The van der Waals surface area contributed by atoms with Crippen LogP contribution in [0, 0.1) is 0 Å². The second-order valence-corrected chi connectivity index (χ2v) is 5.28. The number of morpholine rings is 1. The van der Waals surface area contributed by atoms with E-state index in [9.17, 15) is 4.79 Å². The van der Waals surface area contributed by atoms with Crippen LogP contribution in [0.5, 0.6) is 11.5 Å². The lowest BCUT2D eigenvalue weighted by atomic mass is 10.1. The highest BCUT2D eigenvalue weighted by Crippen LogP contribution is 2.31. The molecule has 6 heteroatoms. The highest BCUT2D eigenvalue weighted by atomic mass is 16.6. The average Bonchev–Trinajstić information content (AvgIpc) is 2.49. The number of fused-ring (bicyclic) bond motifs is 1. The molecule has 6 nitrogen and oxygen atoms in total. The molecule has 2 aliphatic rings. The first-order chi connectivity index (χ1) is 10.2. The number of carbonyl (C=O) groups is 1. The van der Waals surface area contributed by atoms with Gasteiger partial charge in [0.25, 0.3) is 0 Å². The van der Waals surface area contributed by atoms with Crippen LogP contribution >= 0.6 is 0 Å². The summed E-state index contributed by atoms with van der Waals surface area (Å²) in [5.41, 5.74) is 1.09. The molecule has 0 radical (unpaired) electrons. The second kappa shape index (κ2) is 6.32. The van der Waals surface area contributed by atoms with Crippen LogP contribution < -0.4 is 9.47 Å². The summed E-state index contributed by atoms with van der Waals surface area (Å²) in [6, 6.07) is 5.81. The fraction of sp³-hybridized carbons (Fsp3) is 0.533. The van der Waals surface area contributed by atoms with Crippen molar-refractivity contribution in [1.82, 2.24) is 4.90 Å². The first kappa shape index (κ1) is 14.2. The monoisotopic (exact) mass is 293 g/mol. The number of hydrogen-bond donors (Lipinski definition) is 1. The molecule has 2 aliphatic heterocycles. The predicted octanol–water partition coefficient (Wildman–Crippen LogP) is 1.13. The molecule has 1 aromatic carbocycles. The summed E-state index contributed by atoms with van der Waals surface area (Å²) in [7, 11) is 0. The van der Waals surface area contributed by atoms with Crippen LogP contribution in [0.4, 0.5) is 0 Å². The number of ether oxygens (including phenoxy) is 3. The van der Waals surface area contributed by atoms with Gasteiger partial charge in [-0.25, -0.2) is 0 Å². The van der Waals surface area contributed by atoms with Gasteiger partial charge in [-0.2, -0.15) is 0 Å². The molecule has 0 amide bonds. The van der Waals surface area contributed by atoms with E-state index < -0.39 is 5.97 Å². The third-order valence-corrected chi connectivity index (χ3v) is 3.75. The molecule has 1 saturated heterocycles. The largest absolute Gasteiger partial charge is 0.486 e. The minimum Gasteiger partial charge on any atom is -0.486 e. The van der Waals surface area contributed by atoms with Gasteiger partial charge in [0.05, 0.1) is 19.6 Å². The molecule has 0 saturated carbocycles. The van der Waals surface area contributed by atoms with Gasteiger partial charge in [0.15, 0.2) is 11.5 Å². The van der Waals surface area contributed by atoms with Crippen molar-refractivity contribution in [3.63, 3.8) is 0 Å². The fourth-order valence-corrected chi connectivity index (χ4v) is 2.71. The van der Waals surface area contributed by atoms with Crippen LogP contribution in [0.15, 0.2) is 18.2 Å². The molecule has 1 aromatic rings. The summed E-state index contributed by atoms with van der Waals surface area (Å²) >= 11 is 0. The van der Waals surface area contributed by atoms with Crippen molar-refractivity contribution in [1.29, 1.82) is 0 Å². The second-order valence-electron chi connectivity index (χ2n) is 5.28. The van der Waals surface area contributed by atoms with Crippen molar-refractivity contribution in [2.75, 3.05) is 33.0 Å². The van der Waals surface area contributed by atoms with Crippen molar-refractivity contribution in [3.05, 3.63) is 23.8 Å². The summed E-state index contributed by atoms with van der Waals surface area (Å²) in [6.07, 6.45) is 0.102. The van der Waals surface area contributed by atoms with Gasteiger partial charge in [-0.1, -0.05) is 6.07 Å². The Balaban J connectivity index is 1.70. The summed E-state index contributed by atoms with van der Waals surface area (Å²) in [6.45, 7) is 3.69. The first-order valence-corrected chi connectivity index (χ1v) is 7.14. The van der Waals surface area contributed by atoms with E-state index >= 15 is 0 Å². The van der Waals surface area contributed by atoms with E-state index in [2.05, 4.69) is 4.90 Å². The molecule has 0 aliphatic carbocycles. The molecule has 1 unspecified atom stereocenters. The number of carboxylic acids is 1. The quantitative estimate of drug-likeness (QED) is 0.897. The lowest BCUT2D eigenvalue weighted by Crippen LogP contribution is -2.45. The van der Waals surface area contributed by atoms with E-state index in [-0.39, 0.29) is 12.5 Å². The molecule has 2 heterocycles. The van der Waals surface area contributed by atoms with E-state index in [0.29, 0.717) is 33.0 Å². The molecular formula is C15H19NO5. The van der Waals surface area contributed by atoms with E-state index in [4.69, 9.17) is 19.3 Å². The smallest absolute Gasteiger partial charge is 0.305 e. The Labute approximate surface area is 123 Å². The van der Waals surface area contributed by atoms with Crippen molar-refractivity contribution >= 4 is 5.97 Å². The average molecular weight is 293 g/mol. The Kier molecular flexibility index (Phi) is 4.26. The zero-order valence-electron chi connectivity index (χ0n) is 11.8. The maximum Gasteiger partial charge on any atom is 0.305 e. The number of hydrogen-bond acceptors (Lipinski definition) is 5. The molecule has 0 spiro atoms. The summed E-state index contributed by atoms with van der Waals surface area (Å²) in [5, 5.41) is 8.99. The zero-order valence-corrected chi connectivity index (χ0v) is 11.8. The van der Waals surface area contributed by atoms with Crippen molar-refractivity contribution in [2.45, 2.75) is 19.0 Å². The maximum absolute atomic E-state index is 10.9. The van der Waals surface area contributed by atoms with Crippen LogP contribution in [0.1, 0.15) is 12.0 Å². The van der Waals surface area contributed by atoms with Gasteiger partial charge in [-0.05, 0) is 17.7 Å². The first-order valence-electron chi connectivity index (χ1n) is 7.14. The van der Waals surface area contributed by atoms with Gasteiger partial charge < -0.3 is 19.3 Å². The molecule has 1 fully saturated rings. The molecular weight excluding hydrogens is 274 g/mol. The van der Waals surface area contributed by atoms with Gasteiger partial charge in [-0.3, -0.25) is 9.69 Å². The number of nitrogens with zero attached hydrogens (tertiary/aromatic N) is 1. The van der Waals surface area contributed by atoms with Crippen molar-refractivity contribution in [3.8, 4) is 11.5 Å². The van der Waals surface area contributed by atoms with Gasteiger partial charge >= 0.3 is 5.97 Å². The number of aliphatic carboxylic acids is 1. The molecule has 1 N–H and O–H groups in total. The lowest BCUT2D eigenvalue weighted by Gasteiger charge is -2.35. The Hall–Kier alpha value is -1.79. The highest BCUT2D eigenvalue weighted by molar-refractivity contribution is 5.67. The normalized spacial score (nSPS) is 22.0. The summed E-state index contributed by atoms with van der Waals surface area (Å²) in [5.74, 6) is 0.744. The van der Waals surface area contributed by atoms with Gasteiger partial charge in [-0.15, -0.1) is 0 Å². The summed E-state index contributed by atoms with van der Waals surface area (Å²) in [4.78, 5) is 13.1. The highest BCUT2D eigenvalue weighted by Gasteiger charge is 2.25. The fourth-order valence-electron chi connectivity index (χ4n) is 2.71. The van der Waals surface area contributed by atoms with E-state index in [0.717, 1.165) is 23.6 Å². The Morgan fingerprint density at radius 3 is 2.86 bits per heavy atom. The molecule has 21 heavy (non-hydrogen) atoms. The van der Waals surface area contributed by atoms with Crippen molar-refractivity contribution < 1.29 is 24.1 Å². The third kappa shape index (κ3) is 3.46. The van der Waals surface area contributed by atoms with Gasteiger partial charge in [0.1, 0.15) is 13.2 Å². The topological polar surface area (TPSA) is 68.2 Å². The molecule has 1 atom stereocenters. The maximum atomic E-state index is 10.9. The minimum absolute atomic E-state index is 0.0792. The Morgan fingerprint density at radius 2 is 2.05 bits per heavy atom. The van der Waals surface area contributed by atoms with E-state index in [1.807, 2.05) is 18.2 Å². The molecule has 3 rings (SSSR count). The van der Waals surface area contributed by atoms with Crippen LogP contribution in [-0.4, -0.2) is 55.0 Å². The Morgan fingerprint density at radius 1 is 1.24 bits per heavy atom. The zero-order chi connectivity index (χ0) is 14.7. The standard InChI is InChI=1S/C15H19NO5/c17-15(18)8-12-10-19-4-3-16(12)9-11-1-2-13-14(7-11)21-6-5-20-13/h1-2,7,12H,3-6,8-10H2,(H,17,18). The number of rotatable bonds is 4. The molecule has 0 aromatic heterocycles. The van der Waals surface area contributed by atoms with Crippen LogP contribution in [0.3, 0.4) is 0 Å². The number of carboxylic acid groups (broad SMARTS) is 1. The Bertz CT molecular complexity index is 519. The lowest BCUT2D eigenvalue weighted by molar-refractivity contribution is -0.140.